The molecule has 1 atom stereocenters. The van der Waals surface area contributed by atoms with Crippen molar-refractivity contribution in [3.63, 3.8) is 0 Å². The molecule has 3 nitrogen and oxygen atoms in total. The largest absolute Gasteiger partial charge is 0.497 e. The maximum atomic E-state index is 12.4. The van der Waals surface area contributed by atoms with Gasteiger partial charge in [-0.05, 0) is 52.0 Å². The number of ether oxygens (including phenoxy) is 1. The molecule has 1 amide bonds. The van der Waals surface area contributed by atoms with E-state index in [0.29, 0.717) is 11.3 Å². The van der Waals surface area contributed by atoms with Gasteiger partial charge in [0.05, 0.1) is 18.7 Å². The summed E-state index contributed by atoms with van der Waals surface area (Å²) in [5, 5.41) is 5.08. The Labute approximate surface area is 131 Å². The van der Waals surface area contributed by atoms with Gasteiger partial charge in [0.2, 0.25) is 0 Å². The first-order valence-electron chi connectivity index (χ1n) is 6.33. The number of carbonyl (C=O) groups is 1. The van der Waals surface area contributed by atoms with Crippen LogP contribution in [0.3, 0.4) is 0 Å². The molecule has 0 aliphatic rings. The molecule has 0 saturated carbocycles. The van der Waals surface area contributed by atoms with Gasteiger partial charge in [-0.15, -0.1) is 11.3 Å². The summed E-state index contributed by atoms with van der Waals surface area (Å²) in [6.45, 7) is 2.06. The molecule has 0 aliphatic carbocycles. The third-order valence-electron chi connectivity index (χ3n) is 3.02. The second kappa shape index (κ2) is 6.90. The molecule has 1 heterocycles. The Hall–Kier alpha value is -1.33. The highest BCUT2D eigenvalue weighted by atomic mass is 79.9. The summed E-state index contributed by atoms with van der Waals surface area (Å²) in [5.74, 6) is 0.568. The molecule has 1 unspecified atom stereocenters. The van der Waals surface area contributed by atoms with Gasteiger partial charge in [-0.3, -0.25) is 4.79 Å². The zero-order chi connectivity index (χ0) is 14.5. The van der Waals surface area contributed by atoms with Gasteiger partial charge in [-0.2, -0.15) is 0 Å². The Morgan fingerprint density at radius 1 is 1.45 bits per heavy atom. The number of benzene rings is 1. The maximum Gasteiger partial charge on any atom is 0.253 e. The van der Waals surface area contributed by atoms with Crippen molar-refractivity contribution in [1.82, 2.24) is 5.32 Å². The molecule has 0 bridgehead atoms. The maximum absolute atomic E-state index is 12.4. The summed E-state index contributed by atoms with van der Waals surface area (Å²) >= 11 is 5.06. The molecule has 0 aliphatic heterocycles. The molecule has 1 aromatic carbocycles. The Morgan fingerprint density at radius 2 is 2.25 bits per heavy atom. The zero-order valence-corrected chi connectivity index (χ0v) is 13.8. The van der Waals surface area contributed by atoms with Crippen LogP contribution in [0.4, 0.5) is 0 Å². The van der Waals surface area contributed by atoms with Crippen molar-refractivity contribution in [2.45, 2.75) is 19.4 Å². The van der Waals surface area contributed by atoms with E-state index in [2.05, 4.69) is 28.2 Å². The molecule has 0 saturated heterocycles. The monoisotopic (exact) mass is 353 g/mol. The van der Waals surface area contributed by atoms with E-state index in [1.807, 2.05) is 29.6 Å². The number of halogens is 1. The summed E-state index contributed by atoms with van der Waals surface area (Å²) in [6.07, 6.45) is 0.855. The summed E-state index contributed by atoms with van der Waals surface area (Å²) in [7, 11) is 1.59. The van der Waals surface area contributed by atoms with Crippen molar-refractivity contribution in [1.29, 1.82) is 0 Å². The van der Waals surface area contributed by atoms with E-state index in [-0.39, 0.29) is 11.9 Å². The normalized spacial score (nSPS) is 11.9. The van der Waals surface area contributed by atoms with Crippen molar-refractivity contribution in [2.24, 2.45) is 0 Å². The van der Waals surface area contributed by atoms with E-state index in [1.165, 1.54) is 4.88 Å². The van der Waals surface area contributed by atoms with Gasteiger partial charge in [0.25, 0.3) is 5.91 Å². The third-order valence-corrected chi connectivity index (χ3v) is 4.70. The Balaban J connectivity index is 2.19. The summed E-state index contributed by atoms with van der Waals surface area (Å²) < 4.78 is 5.93. The minimum absolute atomic E-state index is 0.0422. The van der Waals surface area contributed by atoms with Crippen LogP contribution in [-0.2, 0) is 0 Å². The van der Waals surface area contributed by atoms with E-state index in [1.54, 1.807) is 24.5 Å². The lowest BCUT2D eigenvalue weighted by molar-refractivity contribution is 0.0935. The molecule has 1 N–H and O–H groups in total. The van der Waals surface area contributed by atoms with Crippen molar-refractivity contribution in [2.75, 3.05) is 7.11 Å². The van der Waals surface area contributed by atoms with E-state index in [9.17, 15) is 4.79 Å². The van der Waals surface area contributed by atoms with E-state index in [0.717, 1.165) is 10.9 Å². The van der Waals surface area contributed by atoms with E-state index in [4.69, 9.17) is 4.74 Å². The fourth-order valence-corrected chi connectivity index (χ4v) is 3.19. The molecule has 5 heteroatoms. The molecule has 0 fully saturated rings. The zero-order valence-electron chi connectivity index (χ0n) is 11.4. The van der Waals surface area contributed by atoms with Crippen LogP contribution in [0.15, 0.2) is 40.2 Å². The van der Waals surface area contributed by atoms with Crippen LogP contribution in [0.25, 0.3) is 0 Å². The number of thiophene rings is 1. The molecular weight excluding hydrogens is 338 g/mol. The van der Waals surface area contributed by atoms with Gasteiger partial charge in [-0.25, -0.2) is 0 Å². The van der Waals surface area contributed by atoms with Gasteiger partial charge in [-0.1, -0.05) is 13.0 Å². The second-order valence-corrected chi connectivity index (χ2v) is 6.13. The topological polar surface area (TPSA) is 38.3 Å². The predicted octanol–water partition coefficient (Wildman–Crippen LogP) is 4.40. The fourth-order valence-electron chi connectivity index (χ4n) is 1.91. The van der Waals surface area contributed by atoms with Gasteiger partial charge in [0, 0.05) is 9.35 Å². The predicted molar refractivity (Wildman–Crippen MR) is 85.5 cm³/mol. The average Bonchev–Trinajstić information content (AvgIpc) is 2.99. The van der Waals surface area contributed by atoms with Crippen molar-refractivity contribution in [3.05, 3.63) is 50.6 Å². The second-order valence-electron chi connectivity index (χ2n) is 4.30. The van der Waals surface area contributed by atoms with Gasteiger partial charge in [0.1, 0.15) is 5.75 Å². The highest BCUT2D eigenvalue weighted by Crippen LogP contribution is 2.25. The summed E-state index contributed by atoms with van der Waals surface area (Å²) in [4.78, 5) is 13.6. The third kappa shape index (κ3) is 3.41. The summed E-state index contributed by atoms with van der Waals surface area (Å²) in [6, 6.07) is 9.45. The van der Waals surface area contributed by atoms with Crippen molar-refractivity contribution >= 4 is 33.2 Å². The first kappa shape index (κ1) is 15.1. The molecule has 2 aromatic rings. The molecule has 2 rings (SSSR count). The van der Waals surface area contributed by atoms with Gasteiger partial charge in [0.15, 0.2) is 0 Å². The minimum Gasteiger partial charge on any atom is -0.497 e. The molecule has 0 spiro atoms. The number of rotatable bonds is 5. The number of hydrogen-bond acceptors (Lipinski definition) is 3. The van der Waals surface area contributed by atoms with Crippen LogP contribution in [-0.4, -0.2) is 13.0 Å². The number of carbonyl (C=O) groups excluding carboxylic acids is 1. The molecule has 20 heavy (non-hydrogen) atoms. The standard InChI is InChI=1S/C15H16BrNO2S/c1-3-13(14-5-4-8-20-14)17-15(18)11-9-10(19-2)6-7-12(11)16/h4-9,13H,3H2,1-2H3,(H,17,18). The van der Waals surface area contributed by atoms with Gasteiger partial charge >= 0.3 is 0 Å². The number of methoxy groups -OCH3 is 1. The number of hydrogen-bond donors (Lipinski definition) is 1. The highest BCUT2D eigenvalue weighted by Gasteiger charge is 2.17. The Bertz CT molecular complexity index is 584. The van der Waals surface area contributed by atoms with Crippen LogP contribution >= 0.6 is 27.3 Å². The number of nitrogens with one attached hydrogen (secondary N) is 1. The minimum atomic E-state index is -0.101. The molecule has 1 aromatic heterocycles. The Kier molecular flexibility index (Phi) is 5.20. The smallest absolute Gasteiger partial charge is 0.253 e. The lowest BCUT2D eigenvalue weighted by Crippen LogP contribution is -2.27. The first-order valence-corrected chi connectivity index (χ1v) is 8.00. The number of amides is 1. The molecule has 106 valence electrons. The quantitative estimate of drug-likeness (QED) is 0.864. The van der Waals surface area contributed by atoms with Crippen LogP contribution in [0.2, 0.25) is 0 Å². The average molecular weight is 354 g/mol. The van der Waals surface area contributed by atoms with Crippen molar-refractivity contribution < 1.29 is 9.53 Å². The van der Waals surface area contributed by atoms with E-state index < -0.39 is 0 Å². The van der Waals surface area contributed by atoms with Crippen LogP contribution in [0.5, 0.6) is 5.75 Å². The lowest BCUT2D eigenvalue weighted by atomic mass is 10.1. The fraction of sp³-hybridized carbons (Fsp3) is 0.267. The SMILES string of the molecule is CCC(NC(=O)c1cc(OC)ccc1Br)c1cccs1. The van der Waals surface area contributed by atoms with Crippen molar-refractivity contribution in [3.8, 4) is 5.75 Å². The first-order chi connectivity index (χ1) is 9.65. The summed E-state index contributed by atoms with van der Waals surface area (Å²) in [5.41, 5.74) is 0.583. The lowest BCUT2D eigenvalue weighted by Gasteiger charge is -2.16. The van der Waals surface area contributed by atoms with Crippen LogP contribution in [0.1, 0.15) is 34.6 Å². The highest BCUT2D eigenvalue weighted by molar-refractivity contribution is 9.10. The van der Waals surface area contributed by atoms with Gasteiger partial charge < -0.3 is 10.1 Å². The van der Waals surface area contributed by atoms with E-state index >= 15 is 0 Å². The molecule has 0 radical (unpaired) electrons. The Morgan fingerprint density at radius 3 is 2.85 bits per heavy atom. The van der Waals surface area contributed by atoms with Crippen LogP contribution < -0.4 is 10.1 Å². The molecular formula is C15H16BrNO2S. The van der Waals surface area contributed by atoms with Crippen LogP contribution in [0, 0.1) is 0 Å².